The molecule has 0 bridgehead atoms. The Morgan fingerprint density at radius 3 is 2.68 bits per heavy atom. The fraction of sp³-hybridized carbons (Fsp3) is 0.407. The highest BCUT2D eigenvalue weighted by Gasteiger charge is 2.35. The molecule has 1 amide bonds. The number of methoxy groups -OCH3 is 1. The van der Waals surface area contributed by atoms with Crippen LogP contribution in [0.3, 0.4) is 0 Å². The van der Waals surface area contributed by atoms with E-state index in [0.29, 0.717) is 12.1 Å². The molecule has 11 heteroatoms. The van der Waals surface area contributed by atoms with Crippen molar-refractivity contribution in [1.82, 2.24) is 20.2 Å². The van der Waals surface area contributed by atoms with Crippen molar-refractivity contribution in [2.45, 2.75) is 38.1 Å². The molecule has 1 aliphatic rings. The van der Waals surface area contributed by atoms with Crippen molar-refractivity contribution in [3.8, 4) is 5.88 Å². The minimum absolute atomic E-state index is 0.000645. The predicted octanol–water partition coefficient (Wildman–Crippen LogP) is 3.76. The summed E-state index contributed by atoms with van der Waals surface area (Å²) < 4.78 is 45.9. The van der Waals surface area contributed by atoms with Gasteiger partial charge in [0.05, 0.1) is 42.9 Å². The predicted molar refractivity (Wildman–Crippen MR) is 135 cm³/mol. The zero-order valence-corrected chi connectivity index (χ0v) is 21.2. The maximum Gasteiger partial charge on any atom is 0.407 e. The maximum atomic E-state index is 15.1. The summed E-state index contributed by atoms with van der Waals surface area (Å²) in [5.41, 5.74) is 1.41. The Morgan fingerprint density at radius 1 is 1.18 bits per heavy atom. The summed E-state index contributed by atoms with van der Waals surface area (Å²) in [5, 5.41) is 2.59. The van der Waals surface area contributed by atoms with E-state index in [0.717, 1.165) is 11.8 Å². The van der Waals surface area contributed by atoms with E-state index in [9.17, 15) is 9.59 Å². The highest BCUT2D eigenvalue weighted by molar-refractivity contribution is 5.87. The number of carbonyl (C=O) groups is 2. The van der Waals surface area contributed by atoms with Gasteiger partial charge in [-0.15, -0.1) is 0 Å². The molecule has 0 aliphatic carbocycles. The van der Waals surface area contributed by atoms with Crippen LogP contribution in [-0.4, -0.2) is 72.5 Å². The summed E-state index contributed by atoms with van der Waals surface area (Å²) in [6.45, 7) is 2.12. The number of alkyl halides is 1. The lowest BCUT2D eigenvalue weighted by atomic mass is 9.95. The van der Waals surface area contributed by atoms with Gasteiger partial charge in [-0.1, -0.05) is 30.3 Å². The summed E-state index contributed by atoms with van der Waals surface area (Å²) in [4.78, 5) is 35.3. The third-order valence-electron chi connectivity index (χ3n) is 6.39. The Bertz CT molecular complexity index is 1260. The number of halogens is 2. The molecule has 0 saturated carbocycles. The number of nitrogens with one attached hydrogen (secondary N) is 1. The van der Waals surface area contributed by atoms with Crippen LogP contribution in [0.15, 0.2) is 48.7 Å². The number of esters is 1. The van der Waals surface area contributed by atoms with Crippen molar-refractivity contribution in [3.05, 3.63) is 65.6 Å². The zero-order valence-electron chi connectivity index (χ0n) is 21.2. The van der Waals surface area contributed by atoms with Crippen molar-refractivity contribution < 1.29 is 32.6 Å². The molecule has 3 heterocycles. The van der Waals surface area contributed by atoms with Crippen molar-refractivity contribution in [2.75, 3.05) is 33.4 Å². The van der Waals surface area contributed by atoms with Gasteiger partial charge in [-0.3, -0.25) is 14.7 Å². The number of aromatic nitrogens is 2. The Hall–Kier alpha value is -3.86. The smallest absolute Gasteiger partial charge is 0.407 e. The molecular formula is C27H30F2N4O5. The van der Waals surface area contributed by atoms with Gasteiger partial charge in [-0.2, -0.15) is 0 Å². The Kier molecular flexibility index (Phi) is 9.01. The molecule has 0 spiro atoms. The van der Waals surface area contributed by atoms with Crippen LogP contribution in [0, 0.1) is 5.82 Å². The summed E-state index contributed by atoms with van der Waals surface area (Å²) in [6.07, 6.45) is -0.812. The molecule has 4 rings (SSSR count). The molecule has 1 aromatic carbocycles. The zero-order chi connectivity index (χ0) is 27.1. The van der Waals surface area contributed by atoms with E-state index in [1.807, 2.05) is 30.3 Å². The van der Waals surface area contributed by atoms with Gasteiger partial charge in [-0.05, 0) is 25.0 Å². The lowest BCUT2D eigenvalue weighted by Gasteiger charge is -2.36. The number of hydrogen-bond acceptors (Lipinski definition) is 8. The van der Waals surface area contributed by atoms with Crippen molar-refractivity contribution in [3.63, 3.8) is 0 Å². The second-order valence-electron chi connectivity index (χ2n) is 8.92. The fourth-order valence-electron chi connectivity index (χ4n) is 4.49. The van der Waals surface area contributed by atoms with Crippen LogP contribution >= 0.6 is 0 Å². The molecule has 1 unspecified atom stereocenters. The van der Waals surface area contributed by atoms with E-state index in [2.05, 4.69) is 15.3 Å². The number of ether oxygens (including phenoxy) is 3. The van der Waals surface area contributed by atoms with Gasteiger partial charge in [0.2, 0.25) is 5.88 Å². The number of amides is 1. The van der Waals surface area contributed by atoms with Gasteiger partial charge < -0.3 is 19.5 Å². The van der Waals surface area contributed by atoms with Crippen LogP contribution in [0.25, 0.3) is 11.0 Å². The third kappa shape index (κ3) is 6.52. The van der Waals surface area contributed by atoms with Crippen LogP contribution in [0.4, 0.5) is 13.6 Å². The van der Waals surface area contributed by atoms with E-state index < -0.39 is 36.0 Å². The number of likely N-dealkylation sites (tertiary alicyclic amines) is 1. The highest BCUT2D eigenvalue weighted by atomic mass is 19.1. The molecular weight excluding hydrogens is 498 g/mol. The monoisotopic (exact) mass is 528 g/mol. The molecule has 1 saturated heterocycles. The average molecular weight is 529 g/mol. The Labute approximate surface area is 219 Å². The van der Waals surface area contributed by atoms with Crippen LogP contribution in [-0.2, 0) is 20.9 Å². The molecule has 38 heavy (non-hydrogen) atoms. The molecule has 0 radical (unpaired) electrons. The average Bonchev–Trinajstić information content (AvgIpc) is 2.92. The van der Waals surface area contributed by atoms with Gasteiger partial charge >= 0.3 is 12.1 Å². The number of alkyl carbamates (subject to hydrolysis) is 1. The lowest BCUT2D eigenvalue weighted by molar-refractivity contribution is -0.145. The number of hydrogen-bond donors (Lipinski definition) is 1. The standard InChI is InChI=1S/C27H30F2N4O5/c1-3-37-26(34)18(24-19(28)13-30-22-9-10-23(36-2)32-25(22)24)14-33-12-11-21(20(29)15-33)31-27(35)38-16-17-7-5-4-6-8-17/h4-10,13,18,20-21H,3,11-12,14-16H2,1-2H3,(H,31,35)/t18?,20-,21-/m0/s1. The van der Waals surface area contributed by atoms with E-state index in [1.54, 1.807) is 24.0 Å². The molecule has 9 nitrogen and oxygen atoms in total. The van der Waals surface area contributed by atoms with Gasteiger partial charge in [-0.25, -0.2) is 18.6 Å². The second kappa shape index (κ2) is 12.6. The van der Waals surface area contributed by atoms with Gasteiger partial charge in [0.25, 0.3) is 0 Å². The molecule has 1 fully saturated rings. The first-order valence-corrected chi connectivity index (χ1v) is 12.4. The van der Waals surface area contributed by atoms with Crippen molar-refractivity contribution in [1.29, 1.82) is 0 Å². The number of carbonyl (C=O) groups excluding carboxylic acids is 2. The summed E-state index contributed by atoms with van der Waals surface area (Å²) in [6, 6.07) is 11.6. The van der Waals surface area contributed by atoms with E-state index in [-0.39, 0.29) is 49.7 Å². The van der Waals surface area contributed by atoms with E-state index >= 15 is 8.78 Å². The Balaban J connectivity index is 1.45. The number of piperidine rings is 1. The minimum atomic E-state index is -1.42. The normalized spacial score (nSPS) is 18.5. The SMILES string of the molecule is CCOC(=O)C(CN1CC[C@H](NC(=O)OCc2ccccc2)[C@@H](F)C1)c1c(F)cnc2ccc(OC)nc12. The third-order valence-corrected chi connectivity index (χ3v) is 6.39. The van der Waals surface area contributed by atoms with Gasteiger partial charge in [0.1, 0.15) is 18.6 Å². The van der Waals surface area contributed by atoms with Crippen molar-refractivity contribution >= 4 is 23.1 Å². The Morgan fingerprint density at radius 2 is 1.97 bits per heavy atom. The first kappa shape index (κ1) is 27.2. The number of benzene rings is 1. The van der Waals surface area contributed by atoms with E-state index in [1.165, 1.54) is 7.11 Å². The second-order valence-corrected chi connectivity index (χ2v) is 8.92. The maximum absolute atomic E-state index is 15.1. The van der Waals surface area contributed by atoms with Gasteiger partial charge in [0, 0.05) is 31.3 Å². The molecule has 1 aliphatic heterocycles. The lowest BCUT2D eigenvalue weighted by Crippen LogP contribution is -2.53. The molecule has 3 aromatic rings. The first-order chi connectivity index (χ1) is 18.4. The number of rotatable bonds is 9. The first-order valence-electron chi connectivity index (χ1n) is 12.4. The number of pyridine rings is 2. The quantitative estimate of drug-likeness (QED) is 0.419. The largest absolute Gasteiger partial charge is 0.481 e. The summed E-state index contributed by atoms with van der Waals surface area (Å²) >= 11 is 0. The fourth-order valence-corrected chi connectivity index (χ4v) is 4.49. The highest BCUT2D eigenvalue weighted by Crippen LogP contribution is 2.30. The van der Waals surface area contributed by atoms with Crippen LogP contribution in [0.2, 0.25) is 0 Å². The summed E-state index contributed by atoms with van der Waals surface area (Å²) in [7, 11) is 1.43. The van der Waals surface area contributed by atoms with Crippen molar-refractivity contribution in [2.24, 2.45) is 0 Å². The van der Waals surface area contributed by atoms with E-state index in [4.69, 9.17) is 14.2 Å². The van der Waals surface area contributed by atoms with Crippen LogP contribution in [0.5, 0.6) is 5.88 Å². The number of fused-ring (bicyclic) bond motifs is 1. The molecule has 202 valence electrons. The van der Waals surface area contributed by atoms with Crippen LogP contribution in [0.1, 0.15) is 30.4 Å². The number of nitrogens with zero attached hydrogens (tertiary/aromatic N) is 3. The summed E-state index contributed by atoms with van der Waals surface area (Å²) in [5.74, 6) is -2.20. The topological polar surface area (TPSA) is 103 Å². The van der Waals surface area contributed by atoms with Crippen LogP contribution < -0.4 is 10.1 Å². The minimum Gasteiger partial charge on any atom is -0.481 e. The molecule has 2 aromatic heterocycles. The molecule has 1 N–H and O–H groups in total. The van der Waals surface area contributed by atoms with Gasteiger partial charge in [0.15, 0.2) is 0 Å². The molecule has 3 atom stereocenters.